The first-order chi connectivity index (χ1) is 15.6. The minimum absolute atomic E-state index is 0.154. The van der Waals surface area contributed by atoms with Crippen LogP contribution in [0, 0.1) is 5.92 Å². The number of carboxylic acid groups (broad SMARTS) is 1. The third kappa shape index (κ3) is 12.0. The molecule has 0 spiro atoms. The summed E-state index contributed by atoms with van der Waals surface area (Å²) in [5.41, 5.74) is 6.57. The van der Waals surface area contributed by atoms with E-state index in [1.807, 2.05) is 6.92 Å². The van der Waals surface area contributed by atoms with E-state index in [1.165, 1.54) is 19.3 Å². The van der Waals surface area contributed by atoms with Crippen LogP contribution in [0.2, 0.25) is 0 Å². The zero-order chi connectivity index (χ0) is 24.8. The summed E-state index contributed by atoms with van der Waals surface area (Å²) in [4.78, 5) is 26.0. The van der Waals surface area contributed by atoms with Crippen LogP contribution in [0.5, 0.6) is 11.5 Å². The fourth-order valence-corrected chi connectivity index (χ4v) is 3.81. The molecule has 9 heteroatoms. The van der Waals surface area contributed by atoms with Gasteiger partial charge in [0.05, 0.1) is 20.6 Å². The Morgan fingerprint density at radius 3 is 2.30 bits per heavy atom. The van der Waals surface area contributed by atoms with Crippen LogP contribution in [-0.2, 0) is 11.2 Å². The van der Waals surface area contributed by atoms with Crippen LogP contribution >= 0.6 is 0 Å². The maximum Gasteiger partial charge on any atom is 0.404 e. The van der Waals surface area contributed by atoms with Crippen molar-refractivity contribution >= 4 is 18.0 Å². The Morgan fingerprint density at radius 2 is 1.76 bits per heavy atom. The molecule has 0 radical (unpaired) electrons. The number of nitrogens with two attached hydrogens (primary N) is 1. The molecule has 5 N–H and O–H groups in total. The van der Waals surface area contributed by atoms with Gasteiger partial charge in [0.15, 0.2) is 17.5 Å². The first kappa shape index (κ1) is 28.1. The Balaban J connectivity index is 0.000000451. The lowest BCUT2D eigenvalue weighted by Gasteiger charge is -2.20. The predicted octanol–water partition coefficient (Wildman–Crippen LogP) is 3.70. The van der Waals surface area contributed by atoms with E-state index in [2.05, 4.69) is 29.5 Å². The second-order valence-corrected chi connectivity index (χ2v) is 8.72. The van der Waals surface area contributed by atoms with Crippen LogP contribution in [0.4, 0.5) is 4.79 Å². The predicted molar refractivity (Wildman–Crippen MR) is 130 cm³/mol. The zero-order valence-corrected chi connectivity index (χ0v) is 20.5. The van der Waals surface area contributed by atoms with Gasteiger partial charge in [-0.3, -0.25) is 4.79 Å². The number of nitrogens with one attached hydrogen (secondary N) is 2. The first-order valence-electron chi connectivity index (χ1n) is 11.5. The summed E-state index contributed by atoms with van der Waals surface area (Å²) in [6.45, 7) is 6.28. The van der Waals surface area contributed by atoms with Crippen molar-refractivity contribution < 1.29 is 24.2 Å². The summed E-state index contributed by atoms with van der Waals surface area (Å²) in [6, 6.07) is 5.73. The first-order valence-corrected chi connectivity index (χ1v) is 11.5. The molecule has 1 aromatic carbocycles. The summed E-state index contributed by atoms with van der Waals surface area (Å²) in [5, 5.41) is 13.9. The number of nitrogens with zero attached hydrogens (tertiary/aromatic N) is 1. The minimum Gasteiger partial charge on any atom is -0.493 e. The van der Waals surface area contributed by atoms with Crippen molar-refractivity contribution in [2.24, 2.45) is 16.6 Å². The maximum absolute atomic E-state index is 12.0. The lowest BCUT2D eigenvalue weighted by Crippen LogP contribution is -2.39. The third-order valence-electron chi connectivity index (χ3n) is 5.20. The second-order valence-electron chi connectivity index (χ2n) is 8.72. The van der Waals surface area contributed by atoms with Gasteiger partial charge in [0.1, 0.15) is 0 Å². The van der Waals surface area contributed by atoms with Crippen LogP contribution in [0.25, 0.3) is 0 Å². The van der Waals surface area contributed by atoms with Crippen LogP contribution in [0.15, 0.2) is 23.2 Å². The summed E-state index contributed by atoms with van der Waals surface area (Å²) in [7, 11) is 3.12. The average molecular weight is 465 g/mol. The van der Waals surface area contributed by atoms with Gasteiger partial charge in [-0.25, -0.2) is 4.79 Å². The normalized spacial score (nSPS) is 15.2. The Hall–Kier alpha value is -2.97. The molecule has 1 aliphatic carbocycles. The van der Waals surface area contributed by atoms with E-state index in [9.17, 15) is 9.59 Å². The highest BCUT2D eigenvalue weighted by molar-refractivity contribution is 5.93. The summed E-state index contributed by atoms with van der Waals surface area (Å²) in [6.07, 6.45) is 5.88. The van der Waals surface area contributed by atoms with E-state index < -0.39 is 6.09 Å². The molecule has 1 aliphatic rings. The Morgan fingerprint density at radius 1 is 1.12 bits per heavy atom. The molecule has 0 aliphatic heterocycles. The van der Waals surface area contributed by atoms with Gasteiger partial charge in [-0.1, -0.05) is 39.2 Å². The van der Waals surface area contributed by atoms with Crippen molar-refractivity contribution in [3.8, 4) is 11.5 Å². The number of ether oxygens (including phenoxy) is 2. The quantitative estimate of drug-likeness (QED) is 0.340. The number of carbonyl (C=O) groups excluding carboxylic acids is 1. The Kier molecular flexibility index (Phi) is 12.7. The molecule has 186 valence electrons. The number of hydrogen-bond donors (Lipinski definition) is 4. The van der Waals surface area contributed by atoms with Gasteiger partial charge in [0.2, 0.25) is 0 Å². The molecule has 0 aromatic heterocycles. The molecular weight excluding hydrogens is 424 g/mol. The monoisotopic (exact) mass is 464 g/mol. The highest BCUT2D eigenvalue weighted by Crippen LogP contribution is 2.27. The van der Waals surface area contributed by atoms with Gasteiger partial charge in [-0.2, -0.15) is 4.99 Å². The SMILES string of the molecule is COc1ccc(CC(=O)N=C(N)N[C@H](C)CC(C)C)cc1OC.O=C(O)NC1CCCCC1. The van der Waals surface area contributed by atoms with Gasteiger partial charge < -0.3 is 30.9 Å². The standard InChI is InChI=1S/C17H27N3O3.C7H13NO2/c1-11(2)8-12(3)19-17(18)20-16(21)10-13-6-7-14(22-4)15(9-13)23-5;9-7(10)8-6-4-2-1-3-5-6/h6-7,9,11-12H,8,10H2,1-5H3,(H3,18,19,20,21);6,8H,1-5H2,(H,9,10)/t12-;/m1./s1. The molecule has 1 saturated carbocycles. The summed E-state index contributed by atoms with van der Waals surface area (Å²) < 4.78 is 10.4. The Labute approximate surface area is 197 Å². The molecule has 1 atom stereocenters. The Bertz CT molecular complexity index is 776. The van der Waals surface area contributed by atoms with E-state index in [-0.39, 0.29) is 30.4 Å². The number of aliphatic imine (C=N–C) groups is 1. The van der Waals surface area contributed by atoms with Crippen molar-refractivity contribution in [3.63, 3.8) is 0 Å². The number of carbonyl (C=O) groups is 2. The van der Waals surface area contributed by atoms with Gasteiger partial charge >= 0.3 is 6.09 Å². The van der Waals surface area contributed by atoms with Gasteiger partial charge in [-0.05, 0) is 49.8 Å². The molecule has 33 heavy (non-hydrogen) atoms. The van der Waals surface area contributed by atoms with Crippen LogP contribution in [0.1, 0.15) is 64.9 Å². The number of amides is 2. The minimum atomic E-state index is -0.882. The third-order valence-corrected chi connectivity index (χ3v) is 5.20. The fraction of sp³-hybridized carbons (Fsp3) is 0.625. The molecule has 0 bridgehead atoms. The highest BCUT2D eigenvalue weighted by Gasteiger charge is 2.14. The molecule has 1 fully saturated rings. The molecule has 0 heterocycles. The average Bonchev–Trinajstić information content (AvgIpc) is 2.73. The highest BCUT2D eigenvalue weighted by atomic mass is 16.5. The van der Waals surface area contributed by atoms with E-state index in [0.29, 0.717) is 17.4 Å². The van der Waals surface area contributed by atoms with E-state index >= 15 is 0 Å². The van der Waals surface area contributed by atoms with Crippen LogP contribution < -0.4 is 25.8 Å². The van der Waals surface area contributed by atoms with Gasteiger partial charge in [-0.15, -0.1) is 0 Å². The summed E-state index contributed by atoms with van der Waals surface area (Å²) >= 11 is 0. The largest absolute Gasteiger partial charge is 0.493 e. The van der Waals surface area contributed by atoms with E-state index in [4.69, 9.17) is 20.3 Å². The second kappa shape index (κ2) is 15.0. The van der Waals surface area contributed by atoms with Crippen molar-refractivity contribution in [1.82, 2.24) is 10.6 Å². The van der Waals surface area contributed by atoms with Crippen molar-refractivity contribution in [2.45, 2.75) is 77.8 Å². The van der Waals surface area contributed by atoms with E-state index in [1.54, 1.807) is 32.4 Å². The number of rotatable bonds is 8. The number of benzene rings is 1. The van der Waals surface area contributed by atoms with Gasteiger partial charge in [0.25, 0.3) is 5.91 Å². The molecule has 9 nitrogen and oxygen atoms in total. The molecule has 1 aromatic rings. The van der Waals surface area contributed by atoms with Crippen LogP contribution in [-0.4, -0.2) is 49.4 Å². The lowest BCUT2D eigenvalue weighted by molar-refractivity contribution is -0.117. The molecule has 2 rings (SSSR count). The lowest BCUT2D eigenvalue weighted by atomic mass is 9.96. The smallest absolute Gasteiger partial charge is 0.404 e. The fourth-order valence-electron chi connectivity index (χ4n) is 3.81. The zero-order valence-electron chi connectivity index (χ0n) is 20.5. The van der Waals surface area contributed by atoms with Crippen molar-refractivity contribution in [1.29, 1.82) is 0 Å². The topological polar surface area (TPSA) is 135 Å². The van der Waals surface area contributed by atoms with Crippen molar-refractivity contribution in [3.05, 3.63) is 23.8 Å². The molecular formula is C24H40N4O5. The molecule has 0 saturated heterocycles. The van der Waals surface area contributed by atoms with Crippen molar-refractivity contribution in [2.75, 3.05) is 14.2 Å². The van der Waals surface area contributed by atoms with Crippen LogP contribution in [0.3, 0.4) is 0 Å². The molecule has 2 amide bonds. The maximum atomic E-state index is 12.0. The van der Waals surface area contributed by atoms with Gasteiger partial charge in [0, 0.05) is 12.1 Å². The number of hydrogen-bond acceptors (Lipinski definition) is 4. The van der Waals surface area contributed by atoms with E-state index in [0.717, 1.165) is 24.8 Å². The molecule has 0 unspecified atom stereocenters. The number of methoxy groups -OCH3 is 2. The number of guanidine groups is 1. The summed E-state index contributed by atoms with van der Waals surface area (Å²) in [5.74, 6) is 1.60.